The van der Waals surface area contributed by atoms with Crippen LogP contribution < -0.4 is 0 Å². The van der Waals surface area contributed by atoms with Gasteiger partial charge in [0.25, 0.3) is 0 Å². The number of nitrogens with zero attached hydrogens (tertiary/aromatic N) is 3. The van der Waals surface area contributed by atoms with Crippen molar-refractivity contribution >= 4 is 0 Å². The first-order valence-corrected chi connectivity index (χ1v) is 5.20. The molecule has 0 amide bonds. The smallest absolute Gasteiger partial charge is 0.0880 e. The molecule has 0 atom stereocenters. The van der Waals surface area contributed by atoms with Crippen LogP contribution >= 0.6 is 0 Å². The van der Waals surface area contributed by atoms with Gasteiger partial charge in [-0.25, -0.2) is 4.68 Å². The van der Waals surface area contributed by atoms with E-state index in [2.05, 4.69) is 58.1 Å². The van der Waals surface area contributed by atoms with Gasteiger partial charge in [0.2, 0.25) is 0 Å². The van der Waals surface area contributed by atoms with E-state index in [-0.39, 0.29) is 11.0 Å². The first-order chi connectivity index (χ1) is 6.27. The van der Waals surface area contributed by atoms with Crippen LogP contribution in [0.15, 0.2) is 6.20 Å². The summed E-state index contributed by atoms with van der Waals surface area (Å²) < 4.78 is 1.97. The van der Waals surface area contributed by atoms with Crippen molar-refractivity contribution in [1.82, 2.24) is 15.0 Å². The number of rotatable bonds is 2. The number of aromatic nitrogens is 3. The maximum Gasteiger partial charge on any atom is 0.0880 e. The van der Waals surface area contributed by atoms with Crippen LogP contribution in [0.1, 0.15) is 53.7 Å². The highest BCUT2D eigenvalue weighted by Gasteiger charge is 2.23. The van der Waals surface area contributed by atoms with Gasteiger partial charge in [-0.15, -0.1) is 5.10 Å². The lowest BCUT2D eigenvalue weighted by Gasteiger charge is -2.22. The van der Waals surface area contributed by atoms with Gasteiger partial charge in [0.15, 0.2) is 0 Å². The van der Waals surface area contributed by atoms with E-state index in [0.717, 1.165) is 12.1 Å². The topological polar surface area (TPSA) is 30.7 Å². The highest BCUT2D eigenvalue weighted by atomic mass is 15.4. The molecule has 0 aliphatic carbocycles. The molecule has 80 valence electrons. The maximum atomic E-state index is 4.21. The van der Waals surface area contributed by atoms with Gasteiger partial charge in [-0.2, -0.15) is 0 Å². The minimum absolute atomic E-state index is 0.0660. The van der Waals surface area contributed by atoms with Crippen molar-refractivity contribution in [2.75, 3.05) is 0 Å². The Bertz CT molecular complexity index is 305. The molecule has 0 bridgehead atoms. The van der Waals surface area contributed by atoms with Gasteiger partial charge in [0.05, 0.1) is 11.2 Å². The fraction of sp³-hybridized carbons (Fsp3) is 0.818. The summed E-state index contributed by atoms with van der Waals surface area (Å²) in [6.07, 6.45) is 3.11. The molecule has 1 rings (SSSR count). The second kappa shape index (κ2) is 3.37. The summed E-state index contributed by atoms with van der Waals surface area (Å²) in [5.74, 6) is 0. The van der Waals surface area contributed by atoms with Crippen molar-refractivity contribution in [1.29, 1.82) is 0 Å². The van der Waals surface area contributed by atoms with Gasteiger partial charge in [0.1, 0.15) is 0 Å². The summed E-state index contributed by atoms with van der Waals surface area (Å²) in [5, 5.41) is 8.41. The Hall–Kier alpha value is -0.860. The van der Waals surface area contributed by atoms with Crippen molar-refractivity contribution in [3.05, 3.63) is 11.9 Å². The van der Waals surface area contributed by atoms with Crippen molar-refractivity contribution in [3.8, 4) is 0 Å². The monoisotopic (exact) mass is 195 g/mol. The standard InChI is InChI=1S/C11H21N3/c1-7-11(5,6)14-8-9(12-13-14)10(2,3)4/h8H,7H2,1-6H3. The Balaban J connectivity index is 3.00. The third kappa shape index (κ3) is 2.14. The second-order valence-corrected chi connectivity index (χ2v) is 5.46. The van der Waals surface area contributed by atoms with Gasteiger partial charge in [-0.3, -0.25) is 0 Å². The lowest BCUT2D eigenvalue weighted by molar-refractivity contribution is 0.301. The summed E-state index contributed by atoms with van der Waals surface area (Å²) in [4.78, 5) is 0. The highest BCUT2D eigenvalue weighted by molar-refractivity contribution is 5.07. The summed E-state index contributed by atoms with van der Waals surface area (Å²) in [7, 11) is 0. The number of hydrogen-bond donors (Lipinski definition) is 0. The Morgan fingerprint density at radius 3 is 2.14 bits per heavy atom. The molecule has 0 unspecified atom stereocenters. The van der Waals surface area contributed by atoms with E-state index in [1.807, 2.05) is 4.68 Å². The first kappa shape index (κ1) is 11.2. The van der Waals surface area contributed by atoms with E-state index in [9.17, 15) is 0 Å². The highest BCUT2D eigenvalue weighted by Crippen LogP contribution is 2.23. The van der Waals surface area contributed by atoms with Crippen LogP contribution in [0.4, 0.5) is 0 Å². The zero-order valence-electron chi connectivity index (χ0n) is 10.1. The van der Waals surface area contributed by atoms with Gasteiger partial charge in [-0.1, -0.05) is 32.9 Å². The predicted molar refractivity (Wildman–Crippen MR) is 58.3 cm³/mol. The molecule has 0 saturated carbocycles. The molecule has 0 spiro atoms. The Morgan fingerprint density at radius 1 is 1.21 bits per heavy atom. The molecule has 1 aromatic heterocycles. The van der Waals surface area contributed by atoms with Gasteiger partial charge in [0, 0.05) is 11.6 Å². The van der Waals surface area contributed by atoms with Gasteiger partial charge >= 0.3 is 0 Å². The molecule has 0 N–H and O–H groups in total. The van der Waals surface area contributed by atoms with Crippen molar-refractivity contribution in [2.45, 2.75) is 58.9 Å². The molecule has 0 saturated heterocycles. The fourth-order valence-electron chi connectivity index (χ4n) is 1.07. The average molecular weight is 195 g/mol. The molecular formula is C11H21N3. The van der Waals surface area contributed by atoms with Crippen LogP contribution in [-0.4, -0.2) is 15.0 Å². The average Bonchev–Trinajstić information content (AvgIpc) is 2.51. The van der Waals surface area contributed by atoms with E-state index in [1.165, 1.54) is 0 Å². The molecule has 1 aromatic rings. The van der Waals surface area contributed by atoms with E-state index < -0.39 is 0 Å². The summed E-state index contributed by atoms with van der Waals surface area (Å²) in [6.45, 7) is 13.0. The third-order valence-electron chi connectivity index (χ3n) is 2.75. The molecule has 14 heavy (non-hydrogen) atoms. The minimum Gasteiger partial charge on any atom is -0.247 e. The summed E-state index contributed by atoms with van der Waals surface area (Å²) >= 11 is 0. The number of hydrogen-bond acceptors (Lipinski definition) is 2. The normalized spacial score (nSPS) is 13.3. The fourth-order valence-corrected chi connectivity index (χ4v) is 1.07. The van der Waals surface area contributed by atoms with Gasteiger partial charge in [-0.05, 0) is 20.3 Å². The zero-order chi connectivity index (χ0) is 11.0. The van der Waals surface area contributed by atoms with Gasteiger partial charge < -0.3 is 0 Å². The summed E-state index contributed by atoms with van der Waals surface area (Å²) in [6, 6.07) is 0. The van der Waals surface area contributed by atoms with E-state index in [1.54, 1.807) is 0 Å². The summed E-state index contributed by atoms with van der Waals surface area (Å²) in [5.41, 5.74) is 1.21. The van der Waals surface area contributed by atoms with E-state index in [4.69, 9.17) is 0 Å². The van der Waals surface area contributed by atoms with Crippen LogP contribution in [0.25, 0.3) is 0 Å². The quantitative estimate of drug-likeness (QED) is 0.726. The Labute approximate surface area is 86.5 Å². The van der Waals surface area contributed by atoms with E-state index >= 15 is 0 Å². The second-order valence-electron chi connectivity index (χ2n) is 5.46. The molecule has 0 aliphatic rings. The van der Waals surface area contributed by atoms with Crippen molar-refractivity contribution in [2.24, 2.45) is 0 Å². The van der Waals surface area contributed by atoms with Crippen LogP contribution in [0.2, 0.25) is 0 Å². The molecule has 0 aromatic carbocycles. The van der Waals surface area contributed by atoms with E-state index in [0.29, 0.717) is 0 Å². The molecule has 0 aliphatic heterocycles. The lowest BCUT2D eigenvalue weighted by atomic mass is 9.93. The molecule has 0 fully saturated rings. The molecule has 0 radical (unpaired) electrons. The molecular weight excluding hydrogens is 174 g/mol. The van der Waals surface area contributed by atoms with Crippen molar-refractivity contribution in [3.63, 3.8) is 0 Å². The van der Waals surface area contributed by atoms with Crippen LogP contribution in [-0.2, 0) is 11.0 Å². The van der Waals surface area contributed by atoms with Crippen LogP contribution in [0.5, 0.6) is 0 Å². The van der Waals surface area contributed by atoms with Crippen LogP contribution in [0, 0.1) is 0 Å². The minimum atomic E-state index is 0.0660. The largest absolute Gasteiger partial charge is 0.247 e. The molecule has 1 heterocycles. The first-order valence-electron chi connectivity index (χ1n) is 5.20. The Kier molecular flexibility index (Phi) is 2.70. The van der Waals surface area contributed by atoms with Crippen LogP contribution in [0.3, 0.4) is 0 Å². The van der Waals surface area contributed by atoms with Crippen molar-refractivity contribution < 1.29 is 0 Å². The lowest BCUT2D eigenvalue weighted by Crippen LogP contribution is -2.25. The molecule has 3 heteroatoms. The zero-order valence-corrected chi connectivity index (χ0v) is 10.1. The molecule has 3 nitrogen and oxygen atoms in total. The SMILES string of the molecule is CCC(C)(C)n1cc(C(C)(C)C)nn1. The maximum absolute atomic E-state index is 4.21. The predicted octanol–water partition coefficient (Wildman–Crippen LogP) is 2.72. The third-order valence-corrected chi connectivity index (χ3v) is 2.75. The Morgan fingerprint density at radius 2 is 1.79 bits per heavy atom.